The maximum atomic E-state index is 11.8. The third-order valence-electron chi connectivity index (χ3n) is 3.67. The van der Waals surface area contributed by atoms with E-state index in [4.69, 9.17) is 4.74 Å². The summed E-state index contributed by atoms with van der Waals surface area (Å²) in [6.45, 7) is 4.94. The lowest BCUT2D eigenvalue weighted by Gasteiger charge is -2.08. The van der Waals surface area contributed by atoms with Gasteiger partial charge in [-0.25, -0.2) is 0 Å². The average Bonchev–Trinajstić information content (AvgIpc) is 2.49. The standard InChI is InChI=1S/C18H29NO3.H2S.H2/c1-14(2)8-6-4-5-7-9-18(21)19-13-15-10-11-16(20)17(12-15)22-3;;/h10-12,14,20H,4-9,13H2,1-3H3,(H,19,21);1H2;1H. The number of hydrogen-bond acceptors (Lipinski definition) is 3. The first-order valence-corrected chi connectivity index (χ1v) is 8.15. The number of carbonyl (C=O) groups is 1. The van der Waals surface area contributed by atoms with Gasteiger partial charge in [0.05, 0.1) is 7.11 Å². The van der Waals surface area contributed by atoms with Gasteiger partial charge >= 0.3 is 0 Å². The fourth-order valence-corrected chi connectivity index (χ4v) is 2.31. The first-order chi connectivity index (χ1) is 10.5. The molecular weight excluding hydrogens is 310 g/mol. The molecule has 2 N–H and O–H groups in total. The lowest BCUT2D eigenvalue weighted by atomic mass is 10.0. The van der Waals surface area contributed by atoms with Crippen molar-refractivity contribution in [3.8, 4) is 11.5 Å². The summed E-state index contributed by atoms with van der Waals surface area (Å²) in [5.41, 5.74) is 0.917. The topological polar surface area (TPSA) is 58.6 Å². The Morgan fingerprint density at radius 2 is 1.96 bits per heavy atom. The van der Waals surface area contributed by atoms with E-state index in [1.54, 1.807) is 18.2 Å². The van der Waals surface area contributed by atoms with E-state index in [9.17, 15) is 9.90 Å². The highest BCUT2D eigenvalue weighted by Crippen LogP contribution is 2.26. The van der Waals surface area contributed by atoms with Crippen molar-refractivity contribution in [1.82, 2.24) is 5.32 Å². The number of amides is 1. The Bertz CT molecular complexity index is 470. The minimum Gasteiger partial charge on any atom is -0.504 e. The molecule has 0 aliphatic carbocycles. The number of aromatic hydroxyl groups is 1. The average molecular weight is 344 g/mol. The molecule has 23 heavy (non-hydrogen) atoms. The van der Waals surface area contributed by atoms with Crippen molar-refractivity contribution in [3.05, 3.63) is 23.8 Å². The van der Waals surface area contributed by atoms with Gasteiger partial charge in [-0.15, -0.1) is 0 Å². The predicted octanol–water partition coefficient (Wildman–Crippen LogP) is 4.37. The molecule has 0 bridgehead atoms. The van der Waals surface area contributed by atoms with Crippen molar-refractivity contribution < 1.29 is 16.1 Å². The van der Waals surface area contributed by atoms with Gasteiger partial charge in [-0.1, -0.05) is 45.6 Å². The van der Waals surface area contributed by atoms with Crippen molar-refractivity contribution in [3.63, 3.8) is 0 Å². The third kappa shape index (κ3) is 9.39. The first kappa shape index (κ1) is 21.6. The predicted molar refractivity (Wildman–Crippen MR) is 102 cm³/mol. The van der Waals surface area contributed by atoms with Gasteiger partial charge in [0.15, 0.2) is 11.5 Å². The fraction of sp³-hybridized carbons (Fsp3) is 0.611. The van der Waals surface area contributed by atoms with Crippen molar-refractivity contribution in [1.29, 1.82) is 0 Å². The summed E-state index contributed by atoms with van der Waals surface area (Å²) in [5.74, 6) is 1.39. The fourth-order valence-electron chi connectivity index (χ4n) is 2.31. The van der Waals surface area contributed by atoms with Crippen LogP contribution in [0.4, 0.5) is 0 Å². The van der Waals surface area contributed by atoms with Gasteiger partial charge in [0.1, 0.15) is 0 Å². The minimum atomic E-state index is 0. The Hall–Kier alpha value is -1.36. The molecule has 0 unspecified atom stereocenters. The highest BCUT2D eigenvalue weighted by molar-refractivity contribution is 7.59. The van der Waals surface area contributed by atoms with Gasteiger partial charge in [-0.05, 0) is 30.0 Å². The molecule has 1 aromatic carbocycles. The van der Waals surface area contributed by atoms with Gasteiger partial charge in [-0.3, -0.25) is 4.79 Å². The Kier molecular flexibility index (Phi) is 11.4. The molecule has 5 heteroatoms. The lowest BCUT2D eigenvalue weighted by molar-refractivity contribution is -0.121. The molecule has 0 fully saturated rings. The molecule has 134 valence electrons. The zero-order valence-electron chi connectivity index (χ0n) is 14.5. The Morgan fingerprint density at radius 3 is 2.61 bits per heavy atom. The first-order valence-electron chi connectivity index (χ1n) is 8.15. The smallest absolute Gasteiger partial charge is 0.220 e. The number of nitrogens with one attached hydrogen (secondary N) is 1. The summed E-state index contributed by atoms with van der Waals surface area (Å²) in [6, 6.07) is 5.10. The highest BCUT2D eigenvalue weighted by atomic mass is 32.1. The van der Waals surface area contributed by atoms with E-state index in [-0.39, 0.29) is 26.6 Å². The largest absolute Gasteiger partial charge is 0.504 e. The molecule has 0 aromatic heterocycles. The van der Waals surface area contributed by atoms with E-state index < -0.39 is 0 Å². The Balaban J connectivity index is 0. The van der Waals surface area contributed by atoms with Crippen LogP contribution in [0.25, 0.3) is 0 Å². The molecule has 4 nitrogen and oxygen atoms in total. The van der Waals surface area contributed by atoms with Crippen LogP contribution < -0.4 is 10.1 Å². The second-order valence-corrected chi connectivity index (χ2v) is 6.13. The third-order valence-corrected chi connectivity index (χ3v) is 3.67. The summed E-state index contributed by atoms with van der Waals surface area (Å²) >= 11 is 0. The number of methoxy groups -OCH3 is 1. The summed E-state index contributed by atoms with van der Waals surface area (Å²) in [5, 5.41) is 12.4. The van der Waals surface area contributed by atoms with Gasteiger partial charge in [0, 0.05) is 14.4 Å². The maximum Gasteiger partial charge on any atom is 0.220 e. The normalized spacial score (nSPS) is 10.3. The zero-order chi connectivity index (χ0) is 16.4. The molecule has 1 rings (SSSR count). The molecule has 0 aliphatic heterocycles. The molecule has 0 atom stereocenters. The van der Waals surface area contributed by atoms with Gasteiger partial charge in [-0.2, -0.15) is 13.5 Å². The number of phenolic OH excluding ortho intramolecular Hbond substituents is 1. The van der Waals surface area contributed by atoms with E-state index in [0.717, 1.165) is 24.3 Å². The lowest BCUT2D eigenvalue weighted by Crippen LogP contribution is -2.22. The highest BCUT2D eigenvalue weighted by Gasteiger charge is 2.05. The summed E-state index contributed by atoms with van der Waals surface area (Å²) in [7, 11) is 1.51. The Morgan fingerprint density at radius 1 is 1.26 bits per heavy atom. The van der Waals surface area contributed by atoms with Crippen LogP contribution in [-0.4, -0.2) is 18.1 Å². The van der Waals surface area contributed by atoms with Gasteiger partial charge < -0.3 is 15.2 Å². The van der Waals surface area contributed by atoms with Crippen LogP contribution in [0.5, 0.6) is 11.5 Å². The summed E-state index contributed by atoms with van der Waals surface area (Å²) in [6.07, 6.45) is 6.38. The minimum absolute atomic E-state index is 0. The van der Waals surface area contributed by atoms with E-state index in [2.05, 4.69) is 19.2 Å². The van der Waals surface area contributed by atoms with Crippen LogP contribution in [0.15, 0.2) is 18.2 Å². The van der Waals surface area contributed by atoms with E-state index >= 15 is 0 Å². The van der Waals surface area contributed by atoms with Crippen LogP contribution in [0.2, 0.25) is 0 Å². The molecule has 0 heterocycles. The van der Waals surface area contributed by atoms with Crippen molar-refractivity contribution in [2.45, 2.75) is 58.9 Å². The van der Waals surface area contributed by atoms with Crippen LogP contribution in [-0.2, 0) is 11.3 Å². The summed E-state index contributed by atoms with van der Waals surface area (Å²) < 4.78 is 5.05. The number of carbonyl (C=O) groups excluding carboxylic acids is 1. The molecule has 0 saturated carbocycles. The number of unbranched alkanes of at least 4 members (excludes halogenated alkanes) is 3. The number of phenols is 1. The van der Waals surface area contributed by atoms with Crippen molar-refractivity contribution in [2.24, 2.45) is 5.92 Å². The van der Waals surface area contributed by atoms with Crippen LogP contribution in [0, 0.1) is 5.92 Å². The second kappa shape index (κ2) is 12.1. The molecule has 0 aliphatic rings. The monoisotopic (exact) mass is 343 g/mol. The number of rotatable bonds is 10. The molecule has 1 amide bonds. The molecular formula is C18H33NO3S. The van der Waals surface area contributed by atoms with Crippen LogP contribution in [0.1, 0.15) is 59.4 Å². The second-order valence-electron chi connectivity index (χ2n) is 6.13. The van der Waals surface area contributed by atoms with Crippen molar-refractivity contribution in [2.75, 3.05) is 7.11 Å². The van der Waals surface area contributed by atoms with Crippen LogP contribution >= 0.6 is 13.5 Å². The van der Waals surface area contributed by atoms with Gasteiger partial charge in [0.25, 0.3) is 0 Å². The summed E-state index contributed by atoms with van der Waals surface area (Å²) in [4.78, 5) is 11.8. The van der Waals surface area contributed by atoms with Gasteiger partial charge in [0.2, 0.25) is 5.91 Å². The number of ether oxygens (including phenoxy) is 1. The molecule has 0 radical (unpaired) electrons. The zero-order valence-corrected chi connectivity index (χ0v) is 15.5. The SMILES string of the molecule is COc1cc(CNC(=O)CCCCCCC(C)C)ccc1O.S.[HH]. The molecule has 1 aromatic rings. The van der Waals surface area contributed by atoms with E-state index in [1.807, 2.05) is 0 Å². The quantitative estimate of drug-likeness (QED) is 0.620. The number of benzene rings is 1. The Labute approximate surface area is 148 Å². The van der Waals surface area contributed by atoms with E-state index in [1.165, 1.54) is 26.4 Å². The maximum absolute atomic E-state index is 11.8. The van der Waals surface area contributed by atoms with Crippen molar-refractivity contribution >= 4 is 19.4 Å². The molecule has 0 saturated heterocycles. The number of hydrogen-bond donors (Lipinski definition) is 2. The molecule has 0 spiro atoms. The van der Waals surface area contributed by atoms with Crippen LogP contribution in [0.3, 0.4) is 0 Å². The van der Waals surface area contributed by atoms with E-state index in [0.29, 0.717) is 18.7 Å².